The Hall–Kier alpha value is -4.12. The van der Waals surface area contributed by atoms with Gasteiger partial charge in [-0.15, -0.1) is 0 Å². The van der Waals surface area contributed by atoms with E-state index in [4.69, 9.17) is 9.84 Å². The quantitative estimate of drug-likeness (QED) is 0.294. The fourth-order valence-electron chi connectivity index (χ4n) is 4.30. The molecule has 0 radical (unpaired) electrons. The Morgan fingerprint density at radius 1 is 1.22 bits per heavy atom. The zero-order chi connectivity index (χ0) is 26.4. The van der Waals surface area contributed by atoms with Gasteiger partial charge in [-0.05, 0) is 36.6 Å². The highest BCUT2D eigenvalue weighted by Gasteiger charge is 2.36. The number of fused-ring (bicyclic) bond motifs is 1. The number of phenols is 1. The number of amides is 2. The summed E-state index contributed by atoms with van der Waals surface area (Å²) in [6.45, 7) is -0.745. The van der Waals surface area contributed by atoms with Crippen LogP contribution in [0.25, 0.3) is 10.9 Å². The summed E-state index contributed by atoms with van der Waals surface area (Å²) >= 11 is 0. The summed E-state index contributed by atoms with van der Waals surface area (Å²) < 4.78 is 19.2. The summed E-state index contributed by atoms with van der Waals surface area (Å²) in [6.07, 6.45) is -0.684. The number of hydrogen-bond donors (Lipinski definition) is 5. The van der Waals surface area contributed by atoms with Gasteiger partial charge in [0.05, 0.1) is 30.6 Å². The highest BCUT2D eigenvalue weighted by Crippen LogP contribution is 2.35. The number of anilines is 1. The number of halogens is 1. The Kier molecular flexibility index (Phi) is 8.24. The van der Waals surface area contributed by atoms with Crippen LogP contribution >= 0.6 is 0 Å². The van der Waals surface area contributed by atoms with E-state index in [9.17, 15) is 24.2 Å². The van der Waals surface area contributed by atoms with Crippen LogP contribution in [0.2, 0.25) is 0 Å². The maximum Gasteiger partial charge on any atom is 0.407 e. The maximum absolute atomic E-state index is 13.4. The van der Waals surface area contributed by atoms with E-state index in [-0.39, 0.29) is 24.8 Å². The van der Waals surface area contributed by atoms with E-state index >= 15 is 0 Å². The Morgan fingerprint density at radius 3 is 2.73 bits per heavy atom. The number of hydrogen-bond acceptors (Lipinski definition) is 7. The average Bonchev–Trinajstić information content (AvgIpc) is 2.91. The molecule has 3 atom stereocenters. The van der Waals surface area contributed by atoms with Crippen molar-refractivity contribution in [1.82, 2.24) is 15.2 Å². The number of pyridine rings is 1. The highest BCUT2D eigenvalue weighted by molar-refractivity contribution is 5.90. The fourth-order valence-corrected chi connectivity index (χ4v) is 4.30. The number of nitrogens with one attached hydrogen (secondary N) is 2. The Morgan fingerprint density at radius 2 is 2.00 bits per heavy atom. The molecule has 2 amide bonds. The minimum Gasteiger partial charge on any atom is -0.504 e. The van der Waals surface area contributed by atoms with Crippen molar-refractivity contribution in [3.63, 3.8) is 0 Å². The molecule has 0 aliphatic carbocycles. The van der Waals surface area contributed by atoms with Crippen LogP contribution in [0.1, 0.15) is 18.4 Å². The molecule has 3 aromatic rings. The van der Waals surface area contributed by atoms with Gasteiger partial charge in [0, 0.05) is 18.0 Å². The number of phenolic OH excluding ortho intramolecular Hbond substituents is 1. The van der Waals surface area contributed by atoms with Crippen LogP contribution in [0, 0.1) is 0 Å². The number of nitrogens with zero attached hydrogens (tertiary/aromatic N) is 2. The van der Waals surface area contributed by atoms with Gasteiger partial charge in [0.25, 0.3) is 0 Å². The van der Waals surface area contributed by atoms with Crippen LogP contribution in [0.15, 0.2) is 54.7 Å². The zero-order valence-electron chi connectivity index (χ0n) is 20.0. The lowest BCUT2D eigenvalue weighted by Gasteiger charge is -2.37. The average molecular weight is 513 g/mol. The molecule has 4 rings (SSSR count). The number of carbonyl (C=O) groups excluding carboxylic acids is 1. The van der Waals surface area contributed by atoms with E-state index in [1.165, 1.54) is 0 Å². The standard InChI is InChI=1S/C26H29FN4O6/c27-17(14-32)12-29-25(34)22-11-18(8-9-31(22)26(35)36)30-19-10-20-21(28-13-19)6-7-23(24(20)33)37-15-16-4-2-1-3-5-16/h1-7,10,13,17-18,22,30,32-33H,8-9,11-12,14-15H2,(H,29,34)(H,35,36)/t17?,18?,22-/m0/s1. The van der Waals surface area contributed by atoms with Crippen LogP contribution in [0.5, 0.6) is 11.5 Å². The Bertz CT molecular complexity index is 1240. The van der Waals surface area contributed by atoms with E-state index in [1.807, 2.05) is 30.3 Å². The van der Waals surface area contributed by atoms with Crippen LogP contribution in [-0.4, -0.2) is 75.2 Å². The number of carboxylic acid groups (broad SMARTS) is 1. The van der Waals surface area contributed by atoms with Gasteiger partial charge in [0.2, 0.25) is 5.91 Å². The fraction of sp³-hybridized carbons (Fsp3) is 0.346. The van der Waals surface area contributed by atoms with Crippen molar-refractivity contribution in [2.75, 3.05) is 25.0 Å². The first-order valence-corrected chi connectivity index (χ1v) is 11.9. The van der Waals surface area contributed by atoms with E-state index < -0.39 is 37.4 Å². The third kappa shape index (κ3) is 6.36. The molecule has 0 spiro atoms. The maximum atomic E-state index is 13.4. The molecule has 0 bridgehead atoms. The summed E-state index contributed by atoms with van der Waals surface area (Å²) in [5, 5.41) is 35.3. The zero-order valence-corrected chi connectivity index (χ0v) is 20.0. The summed E-state index contributed by atoms with van der Waals surface area (Å²) in [5.74, 6) is -0.359. The van der Waals surface area contributed by atoms with Crippen LogP contribution < -0.4 is 15.4 Å². The second-order valence-electron chi connectivity index (χ2n) is 8.86. The molecular formula is C26H29FN4O6. The predicted molar refractivity (Wildman–Crippen MR) is 134 cm³/mol. The summed E-state index contributed by atoms with van der Waals surface area (Å²) in [5.41, 5.74) is 2.11. The number of aromatic nitrogens is 1. The van der Waals surface area contributed by atoms with Gasteiger partial charge in [0.15, 0.2) is 11.5 Å². The lowest BCUT2D eigenvalue weighted by atomic mass is 9.96. The van der Waals surface area contributed by atoms with Gasteiger partial charge in [-0.1, -0.05) is 30.3 Å². The van der Waals surface area contributed by atoms with E-state index in [1.54, 1.807) is 24.4 Å². The normalized spacial score (nSPS) is 18.3. The third-order valence-corrected chi connectivity index (χ3v) is 6.25. The molecule has 5 N–H and O–H groups in total. The van der Waals surface area contributed by atoms with Gasteiger partial charge >= 0.3 is 6.09 Å². The molecule has 196 valence electrons. The van der Waals surface area contributed by atoms with Gasteiger partial charge in [-0.25, -0.2) is 9.18 Å². The predicted octanol–water partition coefficient (Wildman–Crippen LogP) is 2.89. The van der Waals surface area contributed by atoms with E-state index in [0.717, 1.165) is 10.5 Å². The SMILES string of the molecule is O=C(NCC(F)CO)[C@@H]1CC(Nc2cnc3ccc(OCc4ccccc4)c(O)c3c2)CCN1C(=O)O. The minimum absolute atomic E-state index is 0.0489. The number of benzene rings is 2. The molecule has 10 nitrogen and oxygen atoms in total. The number of piperidine rings is 1. The number of aliphatic hydroxyl groups is 1. The van der Waals surface area contributed by atoms with Crippen molar-refractivity contribution < 1.29 is 34.0 Å². The molecule has 0 saturated carbocycles. The molecule has 1 fully saturated rings. The summed E-state index contributed by atoms with van der Waals surface area (Å²) in [7, 11) is 0. The second-order valence-corrected chi connectivity index (χ2v) is 8.86. The lowest BCUT2D eigenvalue weighted by Crippen LogP contribution is -2.56. The lowest BCUT2D eigenvalue weighted by molar-refractivity contribution is -0.127. The monoisotopic (exact) mass is 512 g/mol. The van der Waals surface area contributed by atoms with Gasteiger partial charge < -0.3 is 30.7 Å². The molecular weight excluding hydrogens is 483 g/mol. The first-order chi connectivity index (χ1) is 17.9. The van der Waals surface area contributed by atoms with Gasteiger partial charge in [-0.2, -0.15) is 0 Å². The third-order valence-electron chi connectivity index (χ3n) is 6.25. The molecule has 37 heavy (non-hydrogen) atoms. The van der Waals surface area contributed by atoms with Gasteiger partial charge in [0.1, 0.15) is 18.8 Å². The molecule has 1 aliphatic heterocycles. The van der Waals surface area contributed by atoms with E-state index in [2.05, 4.69) is 15.6 Å². The smallest absolute Gasteiger partial charge is 0.407 e. The molecule has 2 unspecified atom stereocenters. The molecule has 1 aromatic heterocycles. The summed E-state index contributed by atoms with van der Waals surface area (Å²) in [6, 6.07) is 13.4. The number of alkyl halides is 1. The van der Waals surface area contributed by atoms with Crippen molar-refractivity contribution in [2.45, 2.75) is 37.7 Å². The Balaban J connectivity index is 1.47. The number of likely N-dealkylation sites (tertiary alicyclic amines) is 1. The van der Waals surface area contributed by atoms with Gasteiger partial charge in [-0.3, -0.25) is 14.7 Å². The largest absolute Gasteiger partial charge is 0.504 e. The van der Waals surface area contributed by atoms with E-state index in [0.29, 0.717) is 35.4 Å². The van der Waals surface area contributed by atoms with Crippen LogP contribution in [0.4, 0.5) is 14.9 Å². The molecule has 1 saturated heterocycles. The van der Waals surface area contributed by atoms with Crippen molar-refractivity contribution in [2.24, 2.45) is 0 Å². The first-order valence-electron chi connectivity index (χ1n) is 11.9. The highest BCUT2D eigenvalue weighted by atomic mass is 19.1. The molecule has 2 aromatic carbocycles. The topological polar surface area (TPSA) is 144 Å². The number of aromatic hydroxyl groups is 1. The minimum atomic E-state index is -1.63. The first kappa shape index (κ1) is 26.0. The second kappa shape index (κ2) is 11.7. The molecule has 1 aliphatic rings. The molecule has 2 heterocycles. The van der Waals surface area contributed by atoms with Crippen molar-refractivity contribution in [1.29, 1.82) is 0 Å². The van der Waals surface area contributed by atoms with Crippen molar-refractivity contribution in [3.05, 3.63) is 60.3 Å². The van der Waals surface area contributed by atoms with Crippen molar-refractivity contribution in [3.8, 4) is 11.5 Å². The number of ether oxygens (including phenoxy) is 1. The number of carbonyl (C=O) groups is 2. The number of aliphatic hydroxyl groups excluding tert-OH is 1. The van der Waals surface area contributed by atoms with Crippen molar-refractivity contribution >= 4 is 28.6 Å². The van der Waals surface area contributed by atoms with Crippen LogP contribution in [0.3, 0.4) is 0 Å². The van der Waals surface area contributed by atoms with Crippen LogP contribution in [-0.2, 0) is 11.4 Å². The Labute approximate surface area is 212 Å². The molecule has 11 heteroatoms. The summed E-state index contributed by atoms with van der Waals surface area (Å²) in [4.78, 5) is 29.7. The number of rotatable bonds is 9.